The fraction of sp³-hybridized carbons (Fsp3) is 0.333. The Bertz CT molecular complexity index is 2620. The third-order valence-corrected chi connectivity index (χ3v) is 16.2. The van der Waals surface area contributed by atoms with Crippen LogP contribution in [0.15, 0.2) is 119 Å². The molecule has 4 aliphatic heterocycles. The molecule has 0 saturated carbocycles. The molecule has 0 fully saturated rings. The zero-order valence-corrected chi connectivity index (χ0v) is 45.0. The summed E-state index contributed by atoms with van der Waals surface area (Å²) >= 11 is 25.2. The van der Waals surface area contributed by atoms with E-state index in [4.69, 9.17) is 46.4 Å². The number of halogens is 4. The second-order valence-corrected chi connectivity index (χ2v) is 24.3. The zero-order valence-electron chi connectivity index (χ0n) is 40.4. The van der Waals surface area contributed by atoms with Gasteiger partial charge in [0.25, 0.3) is 23.6 Å². The molecule has 4 aromatic rings. The highest BCUT2D eigenvalue weighted by Crippen LogP contribution is 2.49. The van der Waals surface area contributed by atoms with Gasteiger partial charge in [-0.05, 0) is 96.5 Å². The van der Waals surface area contributed by atoms with E-state index in [-0.39, 0.29) is 23.6 Å². The Hall–Kier alpha value is -4.50. The monoisotopic (exact) mass is 1060 g/mol. The molecule has 0 saturated heterocycles. The van der Waals surface area contributed by atoms with Gasteiger partial charge in [0.05, 0.1) is 114 Å². The van der Waals surface area contributed by atoms with Crippen LogP contribution < -0.4 is 0 Å². The van der Waals surface area contributed by atoms with E-state index in [0.29, 0.717) is 113 Å². The van der Waals surface area contributed by atoms with E-state index < -0.39 is 0 Å². The highest BCUT2D eigenvalue weighted by Gasteiger charge is 2.50. The maximum Gasteiger partial charge on any atom is 0.261 e. The van der Waals surface area contributed by atoms with Crippen LogP contribution in [0.25, 0.3) is 22.8 Å². The number of hydrogen-bond donors (Lipinski definition) is 0. The number of rotatable bonds is 21. The van der Waals surface area contributed by atoms with Crippen molar-refractivity contribution in [1.29, 1.82) is 0 Å². The van der Waals surface area contributed by atoms with Crippen LogP contribution in [0.1, 0.15) is 47.9 Å². The Morgan fingerprint density at radius 3 is 0.814 bits per heavy atom. The molecule has 4 heterocycles. The van der Waals surface area contributed by atoms with Gasteiger partial charge in [-0.1, -0.05) is 117 Å². The molecule has 8 rings (SSSR count). The van der Waals surface area contributed by atoms with Crippen molar-refractivity contribution >= 4 is 114 Å². The molecule has 4 aromatic carbocycles. The molecule has 4 aliphatic rings. The van der Waals surface area contributed by atoms with Crippen LogP contribution in [0, 0.1) is 0 Å². The van der Waals surface area contributed by atoms with Crippen molar-refractivity contribution in [2.75, 3.05) is 93.1 Å². The van der Waals surface area contributed by atoms with Crippen molar-refractivity contribution < 1.29 is 28.1 Å². The molecule has 0 radical (unpaired) electrons. The van der Waals surface area contributed by atoms with Gasteiger partial charge in [0.1, 0.15) is 0 Å². The Morgan fingerprint density at radius 2 is 0.586 bits per heavy atom. The smallest absolute Gasteiger partial charge is 0.261 e. The predicted octanol–water partition coefficient (Wildman–Crippen LogP) is 11.0. The second kappa shape index (κ2) is 21.7. The number of unbranched alkanes of at least 4 members (excludes halogenated alkanes) is 2. The van der Waals surface area contributed by atoms with Gasteiger partial charge in [-0.15, -0.1) is 0 Å². The lowest BCUT2D eigenvalue weighted by molar-refractivity contribution is -0.869. The van der Waals surface area contributed by atoms with Gasteiger partial charge < -0.3 is 28.6 Å². The number of nitrogens with zero attached hydrogens (tertiary/aromatic N) is 6. The van der Waals surface area contributed by atoms with Crippen molar-refractivity contribution in [2.24, 2.45) is 0 Å². The fourth-order valence-electron chi connectivity index (χ4n) is 9.06. The molecule has 4 amide bonds. The molecule has 0 atom stereocenters. The van der Waals surface area contributed by atoms with E-state index in [9.17, 15) is 19.2 Å². The van der Waals surface area contributed by atoms with Crippen LogP contribution >= 0.6 is 68.0 Å². The van der Waals surface area contributed by atoms with Crippen LogP contribution in [0.4, 0.5) is 0 Å². The summed E-state index contributed by atoms with van der Waals surface area (Å²) in [6.07, 6.45) is 3.21. The maximum atomic E-state index is 14.6. The minimum Gasteiger partial charge on any atom is -0.329 e. The molecule has 10 nitrogen and oxygen atoms in total. The lowest BCUT2D eigenvalue weighted by atomic mass is 10.0. The minimum absolute atomic E-state index is 0.179. The van der Waals surface area contributed by atoms with Crippen molar-refractivity contribution in [2.45, 2.75) is 25.7 Å². The van der Waals surface area contributed by atoms with Crippen molar-refractivity contribution in [1.82, 2.24) is 19.6 Å². The van der Waals surface area contributed by atoms with E-state index in [1.165, 1.54) is 0 Å². The number of carbonyl (C=O) groups is 4. The number of amides is 4. The highest BCUT2D eigenvalue weighted by atomic mass is 35.5. The molecule has 0 aliphatic carbocycles. The van der Waals surface area contributed by atoms with E-state index >= 15 is 0 Å². The van der Waals surface area contributed by atoms with Crippen LogP contribution in [-0.4, -0.2) is 145 Å². The first-order valence-corrected chi connectivity index (χ1v) is 27.5. The Morgan fingerprint density at radius 1 is 0.357 bits per heavy atom. The molecule has 0 unspecified atom stereocenters. The van der Waals surface area contributed by atoms with Gasteiger partial charge in [0, 0.05) is 44.7 Å². The fourth-order valence-corrected chi connectivity index (χ4v) is 11.9. The lowest BCUT2D eigenvalue weighted by Gasteiger charge is -2.29. The first-order chi connectivity index (χ1) is 33.3. The van der Waals surface area contributed by atoms with Crippen molar-refractivity contribution in [3.63, 3.8) is 0 Å². The van der Waals surface area contributed by atoms with Crippen LogP contribution in [-0.2, 0) is 19.2 Å². The third kappa shape index (κ3) is 11.2. The number of carbonyl (C=O) groups excluding carboxylic acids is 4. The number of benzene rings is 4. The molecule has 0 aromatic heterocycles. The summed E-state index contributed by atoms with van der Waals surface area (Å²) in [6, 6.07) is 29.3. The molecule has 70 heavy (non-hydrogen) atoms. The summed E-state index contributed by atoms with van der Waals surface area (Å²) in [5, 5.41) is 2.29. The molecular formula is C54H58Cl4N6O4S2+2. The predicted molar refractivity (Wildman–Crippen MR) is 290 cm³/mol. The van der Waals surface area contributed by atoms with Crippen LogP contribution in [0.2, 0.25) is 20.1 Å². The third-order valence-electron chi connectivity index (χ3n) is 12.6. The number of likely N-dealkylation sites (N-methyl/N-ethyl adjacent to an activating group) is 2. The molecule has 366 valence electrons. The summed E-state index contributed by atoms with van der Waals surface area (Å²) in [4.78, 5) is 65.4. The largest absolute Gasteiger partial charge is 0.329 e. The Balaban J connectivity index is 0.912. The van der Waals surface area contributed by atoms with Gasteiger partial charge >= 0.3 is 0 Å². The summed E-state index contributed by atoms with van der Waals surface area (Å²) in [5.74, 6) is 1.04. The van der Waals surface area contributed by atoms with Gasteiger partial charge in [-0.2, -0.15) is 0 Å². The number of hydrogen-bond acceptors (Lipinski definition) is 6. The van der Waals surface area contributed by atoms with Crippen LogP contribution in [0.3, 0.4) is 0 Å². The molecule has 0 N–H and O–H groups in total. The average Bonchev–Trinajstić information content (AvgIpc) is 3.97. The quantitative estimate of drug-likeness (QED) is 0.0470. The summed E-state index contributed by atoms with van der Waals surface area (Å²) in [7, 11) is 16.1. The average molecular weight is 1060 g/mol. The Labute approximate surface area is 439 Å². The number of quaternary nitrogens is 2. The van der Waals surface area contributed by atoms with E-state index in [1.54, 1.807) is 89.7 Å². The lowest BCUT2D eigenvalue weighted by Crippen LogP contribution is -2.42. The highest BCUT2D eigenvalue weighted by molar-refractivity contribution is 8.76. The number of fused-ring (bicyclic) bond motifs is 2. The van der Waals surface area contributed by atoms with E-state index in [1.807, 2.05) is 48.5 Å². The maximum absolute atomic E-state index is 14.6. The van der Waals surface area contributed by atoms with Crippen molar-refractivity contribution in [3.8, 4) is 0 Å². The first-order valence-electron chi connectivity index (χ1n) is 23.5. The van der Waals surface area contributed by atoms with Gasteiger partial charge in [0.15, 0.2) is 0 Å². The normalized spacial score (nSPS) is 16.4. The van der Waals surface area contributed by atoms with Gasteiger partial charge in [0.2, 0.25) is 0 Å². The summed E-state index contributed by atoms with van der Waals surface area (Å²) in [6.45, 7) is 3.19. The zero-order chi connectivity index (χ0) is 50.1. The molecule has 16 heteroatoms. The molecular weight excluding hydrogens is 1000 g/mol. The van der Waals surface area contributed by atoms with Crippen molar-refractivity contribution in [3.05, 3.63) is 162 Å². The minimum atomic E-state index is -0.179. The molecule has 0 bridgehead atoms. The summed E-state index contributed by atoms with van der Waals surface area (Å²) < 4.78 is 1.31. The van der Waals surface area contributed by atoms with E-state index in [2.05, 4.69) is 42.3 Å². The molecule has 0 spiro atoms. The SMILES string of the molecule is C[N+](C)(C)CCN1C(=O)C2=C(c3ccc(Cl)cc3)N(CCCCSSCCCCN3C(=O)C4=C(c5ccc(Cl)cc5)N(CC[N+](C)(C)C)C(=O)C4=C3c3ccc(Cl)cc3)C(=O)C2=C1c1ccc(Cl)cc1. The first kappa shape index (κ1) is 51.8. The Kier molecular flexibility index (Phi) is 16.1. The standard InChI is InChI=1S/C54H58Cl4N6O4S2/c1-63(2,3)31-29-61-49(37-15-23-41(57)24-16-37)45-43(53(61)67)47(35-11-19-39(55)20-12-35)59(51(45)65)27-7-9-33-69-70-34-10-8-28-60-48(36-13-21-40(56)22-14-36)44-46(52(60)66)50(38-17-25-42(58)26-18-38)62(54(44)68)30-32-64(4,5)6/h11-26H,7-10,27-34H2,1-6H3/q+2. The summed E-state index contributed by atoms with van der Waals surface area (Å²) in [5.41, 5.74) is 7.29. The van der Waals surface area contributed by atoms with Gasteiger partial charge in [-0.3, -0.25) is 19.2 Å². The second-order valence-electron chi connectivity index (χ2n) is 19.8. The van der Waals surface area contributed by atoms with Crippen LogP contribution in [0.5, 0.6) is 0 Å². The van der Waals surface area contributed by atoms with E-state index in [0.717, 1.165) is 59.4 Å². The van der Waals surface area contributed by atoms with Gasteiger partial charge in [-0.25, -0.2) is 0 Å². The topological polar surface area (TPSA) is 81.2 Å².